The largest absolute Gasteiger partial charge is 0.488 e. The molecule has 3 aromatic carbocycles. The third-order valence-corrected chi connectivity index (χ3v) is 9.37. The lowest BCUT2D eigenvalue weighted by Gasteiger charge is -2.33. The van der Waals surface area contributed by atoms with Crippen LogP contribution in [-0.4, -0.2) is 73.6 Å². The maximum Gasteiger partial charge on any atom is 0.416 e. The van der Waals surface area contributed by atoms with Crippen molar-refractivity contribution >= 4 is 33.3 Å². The second kappa shape index (κ2) is 13.9. The third kappa shape index (κ3) is 8.32. The highest BCUT2D eigenvalue weighted by Gasteiger charge is 2.34. The van der Waals surface area contributed by atoms with Gasteiger partial charge in [0.2, 0.25) is 15.9 Å². The molecule has 0 aliphatic carbocycles. The number of amides is 3. The molecule has 0 saturated heterocycles. The first-order valence-electron chi connectivity index (χ1n) is 14.2. The van der Waals surface area contributed by atoms with E-state index in [1.54, 1.807) is 37.3 Å². The van der Waals surface area contributed by atoms with Crippen LogP contribution >= 0.6 is 0 Å². The summed E-state index contributed by atoms with van der Waals surface area (Å²) in [6, 6.07) is 15.3. The van der Waals surface area contributed by atoms with Crippen LogP contribution < -0.4 is 15.4 Å². The van der Waals surface area contributed by atoms with Crippen LogP contribution in [0.1, 0.15) is 25.0 Å². The SMILES string of the molecule is C[C@@H]1CN([C@@H](C)CO)C(=O)Cc2cc(NC(=O)Nc3ccc(C(F)(F)F)cc3)ccc2O[C@@H]1CN(C)S(=O)(=O)c1ccccc1. The van der Waals surface area contributed by atoms with Crippen LogP contribution in [0.15, 0.2) is 77.7 Å². The van der Waals surface area contributed by atoms with Gasteiger partial charge in [0.15, 0.2) is 0 Å². The Morgan fingerprint density at radius 3 is 2.31 bits per heavy atom. The lowest BCUT2D eigenvalue weighted by Crippen LogP contribution is -2.48. The van der Waals surface area contributed by atoms with Gasteiger partial charge in [-0.2, -0.15) is 17.5 Å². The Morgan fingerprint density at radius 1 is 1.07 bits per heavy atom. The van der Waals surface area contributed by atoms with Gasteiger partial charge in [0.05, 0.1) is 36.1 Å². The molecule has 0 spiro atoms. The first-order valence-corrected chi connectivity index (χ1v) is 15.6. The second-order valence-electron chi connectivity index (χ2n) is 11.0. The third-order valence-electron chi connectivity index (χ3n) is 7.53. The van der Waals surface area contributed by atoms with Gasteiger partial charge >= 0.3 is 12.2 Å². The number of urea groups is 1. The van der Waals surface area contributed by atoms with Crippen molar-refractivity contribution in [1.29, 1.82) is 0 Å². The van der Waals surface area contributed by atoms with Crippen molar-refractivity contribution in [2.75, 3.05) is 37.4 Å². The molecule has 45 heavy (non-hydrogen) atoms. The Morgan fingerprint density at radius 2 is 1.69 bits per heavy atom. The molecule has 1 aliphatic heterocycles. The zero-order chi connectivity index (χ0) is 32.9. The van der Waals surface area contributed by atoms with Crippen molar-refractivity contribution in [2.24, 2.45) is 5.92 Å². The number of aliphatic hydroxyl groups is 1. The van der Waals surface area contributed by atoms with Crippen molar-refractivity contribution in [3.63, 3.8) is 0 Å². The summed E-state index contributed by atoms with van der Waals surface area (Å²) in [7, 11) is -2.40. The maximum absolute atomic E-state index is 13.4. The van der Waals surface area contributed by atoms with Crippen LogP contribution in [0.5, 0.6) is 5.75 Å². The average molecular weight is 649 g/mol. The minimum absolute atomic E-state index is 0.0388. The van der Waals surface area contributed by atoms with Crippen LogP contribution in [0.3, 0.4) is 0 Å². The number of benzene rings is 3. The fourth-order valence-electron chi connectivity index (χ4n) is 4.89. The molecule has 1 aliphatic rings. The molecule has 0 aromatic heterocycles. The molecule has 3 N–H and O–H groups in total. The molecule has 0 unspecified atom stereocenters. The van der Waals surface area contributed by atoms with Crippen LogP contribution in [0, 0.1) is 5.92 Å². The molecule has 4 rings (SSSR count). The molecule has 10 nitrogen and oxygen atoms in total. The van der Waals surface area contributed by atoms with E-state index in [-0.39, 0.29) is 54.2 Å². The molecular formula is C31H35F3N4O6S. The van der Waals surface area contributed by atoms with Crippen molar-refractivity contribution in [2.45, 2.75) is 43.5 Å². The van der Waals surface area contributed by atoms with Crippen molar-refractivity contribution in [3.05, 3.63) is 83.9 Å². The number of halogens is 3. The second-order valence-corrected chi connectivity index (χ2v) is 13.0. The Balaban J connectivity index is 1.58. The van der Waals surface area contributed by atoms with Crippen molar-refractivity contribution in [3.8, 4) is 5.75 Å². The topological polar surface area (TPSA) is 128 Å². The Hall–Kier alpha value is -4.14. The summed E-state index contributed by atoms with van der Waals surface area (Å²) in [5.41, 5.74) is -0.0161. The Labute approximate surface area is 259 Å². The number of carbonyl (C=O) groups is 2. The van der Waals surface area contributed by atoms with E-state index in [2.05, 4.69) is 10.6 Å². The highest BCUT2D eigenvalue weighted by atomic mass is 32.2. The fourth-order valence-corrected chi connectivity index (χ4v) is 6.09. The summed E-state index contributed by atoms with van der Waals surface area (Å²) in [6.45, 7) is 3.41. The number of nitrogens with zero attached hydrogens (tertiary/aromatic N) is 2. The molecule has 242 valence electrons. The van der Waals surface area contributed by atoms with Gasteiger partial charge in [0.25, 0.3) is 0 Å². The van der Waals surface area contributed by atoms with Gasteiger partial charge in [0.1, 0.15) is 11.9 Å². The van der Waals surface area contributed by atoms with E-state index < -0.39 is 39.9 Å². The van der Waals surface area contributed by atoms with E-state index in [1.165, 1.54) is 34.5 Å². The van der Waals surface area contributed by atoms with Crippen LogP contribution in [0.4, 0.5) is 29.3 Å². The molecule has 14 heteroatoms. The molecule has 0 fully saturated rings. The summed E-state index contributed by atoms with van der Waals surface area (Å²) in [5.74, 6) is -0.335. The van der Waals surface area contributed by atoms with E-state index in [9.17, 15) is 36.3 Å². The lowest BCUT2D eigenvalue weighted by molar-refractivity contribution is -0.137. The van der Waals surface area contributed by atoms with E-state index in [0.29, 0.717) is 11.3 Å². The number of aliphatic hydroxyl groups excluding tert-OH is 1. The molecule has 0 radical (unpaired) electrons. The molecule has 3 atom stereocenters. The minimum Gasteiger partial charge on any atom is -0.488 e. The summed E-state index contributed by atoms with van der Waals surface area (Å²) in [5, 5.41) is 14.9. The van der Waals surface area contributed by atoms with Crippen molar-refractivity contribution in [1.82, 2.24) is 9.21 Å². The molecular weight excluding hydrogens is 613 g/mol. The summed E-state index contributed by atoms with van der Waals surface area (Å²) in [6.07, 6.45) is -5.34. The van der Waals surface area contributed by atoms with Gasteiger partial charge in [-0.25, -0.2) is 13.2 Å². The van der Waals surface area contributed by atoms with Gasteiger partial charge in [-0.15, -0.1) is 0 Å². The average Bonchev–Trinajstić information content (AvgIpc) is 3.04. The quantitative estimate of drug-likeness (QED) is 0.322. The van der Waals surface area contributed by atoms with Gasteiger partial charge in [-0.3, -0.25) is 4.79 Å². The summed E-state index contributed by atoms with van der Waals surface area (Å²) >= 11 is 0. The molecule has 0 bridgehead atoms. The van der Waals surface area contributed by atoms with Gasteiger partial charge in [0, 0.05) is 36.4 Å². The van der Waals surface area contributed by atoms with Crippen LogP contribution in [0.25, 0.3) is 0 Å². The number of anilines is 2. The molecule has 3 amide bonds. The number of sulfonamides is 1. The highest BCUT2D eigenvalue weighted by Crippen LogP contribution is 2.31. The predicted octanol–water partition coefficient (Wildman–Crippen LogP) is 4.82. The molecule has 0 saturated carbocycles. The van der Waals surface area contributed by atoms with E-state index in [4.69, 9.17) is 4.74 Å². The predicted molar refractivity (Wildman–Crippen MR) is 162 cm³/mol. The summed E-state index contributed by atoms with van der Waals surface area (Å²) in [4.78, 5) is 27.7. The number of rotatable bonds is 8. The maximum atomic E-state index is 13.4. The lowest BCUT2D eigenvalue weighted by atomic mass is 10.0. The summed E-state index contributed by atoms with van der Waals surface area (Å²) < 4.78 is 72.7. The van der Waals surface area contributed by atoms with Gasteiger partial charge < -0.3 is 25.4 Å². The number of alkyl halides is 3. The zero-order valence-electron chi connectivity index (χ0n) is 24.9. The number of hydrogen-bond acceptors (Lipinski definition) is 6. The smallest absolute Gasteiger partial charge is 0.416 e. The Kier molecular flexibility index (Phi) is 10.4. The molecule has 3 aromatic rings. The number of hydrogen-bond donors (Lipinski definition) is 3. The van der Waals surface area contributed by atoms with E-state index in [1.807, 2.05) is 6.92 Å². The number of likely N-dealkylation sites (N-methyl/N-ethyl adjacent to an activating group) is 1. The number of fused-ring (bicyclic) bond motifs is 1. The normalized spacial score (nSPS) is 18.2. The number of ether oxygens (including phenoxy) is 1. The number of carbonyl (C=O) groups excluding carboxylic acids is 2. The minimum atomic E-state index is -4.51. The van der Waals surface area contributed by atoms with Crippen molar-refractivity contribution < 1.29 is 41.0 Å². The fraction of sp³-hybridized carbons (Fsp3) is 0.355. The van der Waals surface area contributed by atoms with Crippen LogP contribution in [0.2, 0.25) is 0 Å². The zero-order valence-corrected chi connectivity index (χ0v) is 25.7. The standard InChI is InChI=1S/C31H35F3N4O6S/c1-20-17-38(21(2)19-39)29(40)16-22-15-25(36-30(41)35-24-11-9-23(10-12-24)31(32,33)34)13-14-27(22)44-28(20)18-37(3)45(42,43)26-7-5-4-6-8-26/h4-15,20-21,28,39H,16-19H2,1-3H3,(H2,35,36,41)/t20-,21+,28-/m1/s1. The van der Waals surface area contributed by atoms with E-state index in [0.717, 1.165) is 24.3 Å². The van der Waals surface area contributed by atoms with Gasteiger partial charge in [-0.1, -0.05) is 25.1 Å². The van der Waals surface area contributed by atoms with Crippen LogP contribution in [-0.2, 0) is 27.4 Å². The first kappa shape index (κ1) is 33.7. The molecule has 1 heterocycles. The van der Waals surface area contributed by atoms with Gasteiger partial charge in [-0.05, 0) is 61.5 Å². The highest BCUT2D eigenvalue weighted by molar-refractivity contribution is 7.89. The Bertz CT molecular complexity index is 1600. The number of nitrogens with one attached hydrogen (secondary N) is 2. The monoisotopic (exact) mass is 648 g/mol. The first-order chi connectivity index (χ1) is 21.2. The van der Waals surface area contributed by atoms with E-state index >= 15 is 0 Å².